The van der Waals surface area contributed by atoms with E-state index in [0.717, 1.165) is 0 Å². The van der Waals surface area contributed by atoms with Crippen LogP contribution in [0.2, 0.25) is 5.02 Å². The van der Waals surface area contributed by atoms with Crippen molar-refractivity contribution >= 4 is 11.6 Å². The molecule has 1 aliphatic heterocycles. The van der Waals surface area contributed by atoms with E-state index in [4.69, 9.17) is 21.1 Å². The van der Waals surface area contributed by atoms with Crippen LogP contribution in [0.5, 0.6) is 11.5 Å². The third-order valence-electron chi connectivity index (χ3n) is 2.17. The van der Waals surface area contributed by atoms with Crippen LogP contribution >= 0.6 is 11.6 Å². The van der Waals surface area contributed by atoms with E-state index in [1.54, 1.807) is 0 Å². The van der Waals surface area contributed by atoms with Gasteiger partial charge >= 0.3 is 0 Å². The lowest BCUT2D eigenvalue weighted by molar-refractivity contribution is 0.0703. The van der Waals surface area contributed by atoms with Crippen molar-refractivity contribution in [2.75, 3.05) is 6.79 Å². The molecule has 0 unspecified atom stereocenters. The van der Waals surface area contributed by atoms with Crippen LogP contribution in [-0.2, 0) is 5.60 Å². The number of aliphatic hydroxyl groups is 1. The quantitative estimate of drug-likeness (QED) is 0.808. The molecule has 0 amide bonds. The van der Waals surface area contributed by atoms with Gasteiger partial charge in [0, 0.05) is 6.07 Å². The van der Waals surface area contributed by atoms with Gasteiger partial charge in [0.25, 0.3) is 0 Å². The van der Waals surface area contributed by atoms with Crippen molar-refractivity contribution in [3.8, 4) is 11.5 Å². The molecule has 1 N–H and O–H groups in total. The highest BCUT2D eigenvalue weighted by Crippen LogP contribution is 2.44. The molecular weight excluding hydrogens is 223 g/mol. The molecule has 0 bridgehead atoms. The van der Waals surface area contributed by atoms with E-state index in [9.17, 15) is 9.50 Å². The lowest BCUT2D eigenvalue weighted by Crippen LogP contribution is -2.18. The maximum Gasteiger partial charge on any atom is 0.231 e. The largest absolute Gasteiger partial charge is 0.454 e. The Bertz CT molecular complexity index is 412. The van der Waals surface area contributed by atoms with Crippen LogP contribution in [0.25, 0.3) is 0 Å². The van der Waals surface area contributed by atoms with E-state index in [-0.39, 0.29) is 23.1 Å². The summed E-state index contributed by atoms with van der Waals surface area (Å²) < 4.78 is 23.9. The molecule has 3 nitrogen and oxygen atoms in total. The van der Waals surface area contributed by atoms with E-state index in [2.05, 4.69) is 0 Å². The summed E-state index contributed by atoms with van der Waals surface area (Å²) in [7, 11) is 0. The molecule has 0 saturated carbocycles. The fourth-order valence-electron chi connectivity index (χ4n) is 1.54. The van der Waals surface area contributed by atoms with Crippen molar-refractivity contribution in [3.05, 3.63) is 22.5 Å². The summed E-state index contributed by atoms with van der Waals surface area (Å²) in [5.41, 5.74) is -1.34. The first-order valence-corrected chi connectivity index (χ1v) is 4.79. The van der Waals surface area contributed by atoms with Gasteiger partial charge in [-0.05, 0) is 13.8 Å². The van der Waals surface area contributed by atoms with Crippen molar-refractivity contribution in [1.29, 1.82) is 0 Å². The third kappa shape index (κ3) is 1.64. The van der Waals surface area contributed by atoms with Crippen molar-refractivity contribution in [3.63, 3.8) is 0 Å². The molecule has 2 rings (SSSR count). The maximum absolute atomic E-state index is 13.7. The highest BCUT2D eigenvalue weighted by atomic mass is 35.5. The maximum atomic E-state index is 13.7. The predicted molar refractivity (Wildman–Crippen MR) is 52.8 cm³/mol. The summed E-state index contributed by atoms with van der Waals surface area (Å²) in [6.45, 7) is 2.94. The van der Waals surface area contributed by atoms with Gasteiger partial charge < -0.3 is 14.6 Å². The minimum Gasteiger partial charge on any atom is -0.454 e. The third-order valence-corrected chi connectivity index (χ3v) is 2.44. The zero-order chi connectivity index (χ0) is 11.2. The number of ether oxygens (including phenoxy) is 2. The van der Waals surface area contributed by atoms with Crippen LogP contribution < -0.4 is 9.47 Å². The van der Waals surface area contributed by atoms with Crippen molar-refractivity contribution in [1.82, 2.24) is 0 Å². The second-order valence-corrected chi connectivity index (χ2v) is 4.25. The molecule has 0 fully saturated rings. The Morgan fingerprint density at radius 2 is 2.13 bits per heavy atom. The topological polar surface area (TPSA) is 38.7 Å². The first-order valence-electron chi connectivity index (χ1n) is 4.41. The molecule has 0 spiro atoms. The Labute approximate surface area is 91.4 Å². The summed E-state index contributed by atoms with van der Waals surface area (Å²) in [4.78, 5) is 0. The Morgan fingerprint density at radius 3 is 2.73 bits per heavy atom. The molecule has 1 heterocycles. The SMILES string of the molecule is CC(C)(O)c1c(F)c(Cl)cc2c1OCO2. The number of hydrogen-bond donors (Lipinski definition) is 1. The monoisotopic (exact) mass is 232 g/mol. The summed E-state index contributed by atoms with van der Waals surface area (Å²) in [6, 6.07) is 1.34. The molecule has 0 radical (unpaired) electrons. The zero-order valence-electron chi connectivity index (χ0n) is 8.30. The Kier molecular flexibility index (Phi) is 2.28. The molecule has 0 atom stereocenters. The summed E-state index contributed by atoms with van der Waals surface area (Å²) in [6.07, 6.45) is 0. The normalized spacial score (nSPS) is 14.5. The fourth-order valence-corrected chi connectivity index (χ4v) is 1.73. The number of rotatable bonds is 1. The predicted octanol–water partition coefficient (Wildman–Crippen LogP) is 2.44. The average Bonchev–Trinajstić information content (AvgIpc) is 2.50. The molecule has 0 aromatic heterocycles. The molecule has 5 heteroatoms. The molecule has 0 aliphatic carbocycles. The molecular formula is C10H10ClFO3. The number of hydrogen-bond acceptors (Lipinski definition) is 3. The number of benzene rings is 1. The summed E-state index contributed by atoms with van der Waals surface area (Å²) >= 11 is 5.68. The van der Waals surface area contributed by atoms with Crippen LogP contribution in [0.15, 0.2) is 6.07 Å². The average molecular weight is 233 g/mol. The molecule has 82 valence electrons. The molecule has 1 aromatic carbocycles. The van der Waals surface area contributed by atoms with Crippen molar-refractivity contribution in [2.24, 2.45) is 0 Å². The molecule has 1 aromatic rings. The summed E-state index contributed by atoms with van der Waals surface area (Å²) in [5.74, 6) is -0.0867. The highest BCUT2D eigenvalue weighted by molar-refractivity contribution is 6.31. The molecule has 1 aliphatic rings. The summed E-state index contributed by atoms with van der Waals surface area (Å²) in [5, 5.41) is 9.74. The molecule has 0 saturated heterocycles. The van der Waals surface area contributed by atoms with Crippen LogP contribution in [0.1, 0.15) is 19.4 Å². The standard InChI is InChI=1S/C10H10ClFO3/c1-10(2,13)7-8(12)5(11)3-6-9(7)15-4-14-6/h3,13H,4H2,1-2H3. The van der Waals surface area contributed by atoms with Gasteiger partial charge in [-0.2, -0.15) is 0 Å². The molecule has 15 heavy (non-hydrogen) atoms. The van der Waals surface area contributed by atoms with E-state index in [1.807, 2.05) is 0 Å². The van der Waals surface area contributed by atoms with E-state index >= 15 is 0 Å². The Hall–Kier alpha value is -1.00. The van der Waals surface area contributed by atoms with E-state index in [0.29, 0.717) is 5.75 Å². The first-order chi connectivity index (χ1) is 6.91. The van der Waals surface area contributed by atoms with Gasteiger partial charge in [0.15, 0.2) is 17.3 Å². The van der Waals surface area contributed by atoms with Crippen LogP contribution in [0, 0.1) is 5.82 Å². The van der Waals surface area contributed by atoms with Crippen LogP contribution in [0.3, 0.4) is 0 Å². The van der Waals surface area contributed by atoms with Gasteiger partial charge in [0.1, 0.15) is 0 Å². The number of halogens is 2. The number of fused-ring (bicyclic) bond motifs is 1. The van der Waals surface area contributed by atoms with Crippen LogP contribution in [0.4, 0.5) is 4.39 Å². The fraction of sp³-hybridized carbons (Fsp3) is 0.400. The second-order valence-electron chi connectivity index (χ2n) is 3.84. The first kappa shape index (κ1) is 10.5. The van der Waals surface area contributed by atoms with Gasteiger partial charge in [-0.1, -0.05) is 11.6 Å². The lowest BCUT2D eigenvalue weighted by atomic mass is 9.96. The zero-order valence-corrected chi connectivity index (χ0v) is 9.06. The minimum atomic E-state index is -1.37. The van der Waals surface area contributed by atoms with E-state index < -0.39 is 11.4 Å². The van der Waals surface area contributed by atoms with Gasteiger partial charge in [-0.25, -0.2) is 4.39 Å². The minimum absolute atomic E-state index is 0.0121. The van der Waals surface area contributed by atoms with E-state index in [1.165, 1.54) is 19.9 Å². The van der Waals surface area contributed by atoms with Gasteiger partial charge in [-0.15, -0.1) is 0 Å². The van der Waals surface area contributed by atoms with Gasteiger partial charge in [0.05, 0.1) is 16.2 Å². The smallest absolute Gasteiger partial charge is 0.231 e. The van der Waals surface area contributed by atoms with Crippen molar-refractivity contribution < 1.29 is 19.0 Å². The van der Waals surface area contributed by atoms with Gasteiger partial charge in [-0.3, -0.25) is 0 Å². The van der Waals surface area contributed by atoms with Crippen molar-refractivity contribution in [2.45, 2.75) is 19.4 Å². The highest BCUT2D eigenvalue weighted by Gasteiger charge is 2.32. The second kappa shape index (κ2) is 3.25. The lowest BCUT2D eigenvalue weighted by Gasteiger charge is -2.20. The Balaban J connectivity index is 2.71. The van der Waals surface area contributed by atoms with Crippen LogP contribution in [-0.4, -0.2) is 11.9 Å². The van der Waals surface area contributed by atoms with Gasteiger partial charge in [0.2, 0.25) is 6.79 Å². The Morgan fingerprint density at radius 1 is 1.47 bits per heavy atom.